The molecule has 4 unspecified atom stereocenters. The Morgan fingerprint density at radius 1 is 1.31 bits per heavy atom. The van der Waals surface area contributed by atoms with Gasteiger partial charge in [-0.1, -0.05) is 24.3 Å². The van der Waals surface area contributed by atoms with Crippen molar-refractivity contribution in [3.05, 3.63) is 47.5 Å². The Bertz CT molecular complexity index is 673. The molecule has 1 aromatic rings. The standard InChI is InChI=1S/C19H28NO5P/c1-14(16-7-9-17(10-8-16)19(22)23)20-11-18(21)13-26(24,25)12-15-5-3-2-4-6-15/h2-3,7-10,14-15,18,20-21H,4-6,11-13H2,1H3,(H,22,23)(H,24,25). The molecule has 0 aliphatic heterocycles. The maximum atomic E-state index is 12.4. The second kappa shape index (κ2) is 9.47. The highest BCUT2D eigenvalue weighted by molar-refractivity contribution is 7.58. The van der Waals surface area contributed by atoms with Gasteiger partial charge in [0.1, 0.15) is 0 Å². The molecule has 4 atom stereocenters. The van der Waals surface area contributed by atoms with Crippen LogP contribution in [-0.2, 0) is 4.57 Å². The van der Waals surface area contributed by atoms with Crippen LogP contribution in [0.1, 0.15) is 48.1 Å². The number of nitrogens with one attached hydrogen (secondary N) is 1. The van der Waals surface area contributed by atoms with Crippen molar-refractivity contribution in [2.75, 3.05) is 18.9 Å². The van der Waals surface area contributed by atoms with Crippen molar-refractivity contribution in [2.45, 2.75) is 38.3 Å². The molecule has 0 heterocycles. The molecular formula is C19H28NO5P. The Kier molecular flexibility index (Phi) is 7.59. The number of aliphatic hydroxyl groups is 1. The Balaban J connectivity index is 1.79. The first kappa shape index (κ1) is 20.8. The maximum absolute atomic E-state index is 12.4. The number of carboxylic acids is 1. The van der Waals surface area contributed by atoms with Gasteiger partial charge in [0, 0.05) is 18.7 Å². The second-order valence-electron chi connectivity index (χ2n) is 7.07. The molecule has 0 saturated heterocycles. The number of benzene rings is 1. The molecule has 0 radical (unpaired) electrons. The van der Waals surface area contributed by atoms with Crippen molar-refractivity contribution in [2.24, 2.45) is 5.92 Å². The summed E-state index contributed by atoms with van der Waals surface area (Å²) in [7, 11) is -3.36. The summed E-state index contributed by atoms with van der Waals surface area (Å²) in [4.78, 5) is 21.1. The van der Waals surface area contributed by atoms with E-state index in [1.165, 1.54) is 12.1 Å². The summed E-state index contributed by atoms with van der Waals surface area (Å²) < 4.78 is 12.4. The van der Waals surface area contributed by atoms with E-state index in [-0.39, 0.29) is 36.4 Å². The minimum Gasteiger partial charge on any atom is -0.478 e. The van der Waals surface area contributed by atoms with Crippen LogP contribution in [0.3, 0.4) is 0 Å². The average Bonchev–Trinajstić information content (AvgIpc) is 2.59. The first-order chi connectivity index (χ1) is 12.3. The SMILES string of the molecule is CC(NCC(O)CP(=O)(O)CC1CC=CCC1)c1ccc(C(=O)O)cc1. The van der Waals surface area contributed by atoms with E-state index in [0.29, 0.717) is 0 Å². The highest BCUT2D eigenvalue weighted by Crippen LogP contribution is 2.45. The fourth-order valence-corrected chi connectivity index (χ4v) is 5.31. The van der Waals surface area contributed by atoms with E-state index in [1.807, 2.05) is 6.92 Å². The lowest BCUT2D eigenvalue weighted by Crippen LogP contribution is -2.32. The van der Waals surface area contributed by atoms with Crippen molar-refractivity contribution in [1.82, 2.24) is 5.32 Å². The molecule has 4 N–H and O–H groups in total. The van der Waals surface area contributed by atoms with Gasteiger partial charge in [0.2, 0.25) is 7.37 Å². The molecule has 26 heavy (non-hydrogen) atoms. The summed E-state index contributed by atoms with van der Waals surface area (Å²) in [6.07, 6.45) is 6.14. The van der Waals surface area contributed by atoms with Gasteiger partial charge in [0.25, 0.3) is 0 Å². The summed E-state index contributed by atoms with van der Waals surface area (Å²) in [5.74, 6) is -0.748. The lowest BCUT2D eigenvalue weighted by Gasteiger charge is -2.23. The van der Waals surface area contributed by atoms with Gasteiger partial charge >= 0.3 is 5.97 Å². The first-order valence-corrected chi connectivity index (χ1v) is 11.0. The van der Waals surface area contributed by atoms with Crippen LogP contribution in [0.2, 0.25) is 0 Å². The predicted molar refractivity (Wildman–Crippen MR) is 102 cm³/mol. The van der Waals surface area contributed by atoms with Crippen LogP contribution in [0.25, 0.3) is 0 Å². The summed E-state index contributed by atoms with van der Waals surface area (Å²) >= 11 is 0. The number of carboxylic acid groups (broad SMARTS) is 1. The first-order valence-electron chi connectivity index (χ1n) is 8.97. The number of hydrogen-bond acceptors (Lipinski definition) is 4. The zero-order valence-corrected chi connectivity index (χ0v) is 15.9. The smallest absolute Gasteiger partial charge is 0.335 e. The zero-order chi connectivity index (χ0) is 19.2. The topological polar surface area (TPSA) is 107 Å². The molecule has 0 saturated carbocycles. The highest BCUT2D eigenvalue weighted by atomic mass is 31.2. The Morgan fingerprint density at radius 2 is 2.00 bits per heavy atom. The van der Waals surface area contributed by atoms with Crippen LogP contribution < -0.4 is 5.32 Å². The Morgan fingerprint density at radius 3 is 2.58 bits per heavy atom. The molecular weight excluding hydrogens is 353 g/mol. The zero-order valence-electron chi connectivity index (χ0n) is 15.0. The van der Waals surface area contributed by atoms with Crippen molar-refractivity contribution in [3.8, 4) is 0 Å². The molecule has 2 rings (SSSR count). The van der Waals surface area contributed by atoms with Gasteiger partial charge in [-0.05, 0) is 49.8 Å². The van der Waals surface area contributed by atoms with Crippen molar-refractivity contribution in [1.29, 1.82) is 0 Å². The fourth-order valence-electron chi connectivity index (χ4n) is 3.24. The quantitative estimate of drug-likeness (QED) is 0.387. The molecule has 1 aliphatic carbocycles. The molecule has 0 fully saturated rings. The summed E-state index contributed by atoms with van der Waals surface area (Å²) in [6.45, 7) is 2.10. The number of aromatic carboxylic acids is 1. The Labute approximate surface area is 154 Å². The summed E-state index contributed by atoms with van der Waals surface area (Å²) in [5.41, 5.74) is 1.11. The molecule has 7 heteroatoms. The normalized spacial score (nSPS) is 21.7. The maximum Gasteiger partial charge on any atom is 0.335 e. The second-order valence-corrected chi connectivity index (χ2v) is 9.50. The molecule has 0 aromatic heterocycles. The third-order valence-corrected chi connectivity index (χ3v) is 6.81. The van der Waals surface area contributed by atoms with E-state index in [2.05, 4.69) is 17.5 Å². The van der Waals surface area contributed by atoms with Crippen LogP contribution in [0, 0.1) is 5.92 Å². The van der Waals surface area contributed by atoms with Crippen LogP contribution in [0.5, 0.6) is 0 Å². The van der Waals surface area contributed by atoms with Crippen molar-refractivity contribution < 1.29 is 24.5 Å². The third kappa shape index (κ3) is 6.69. The minimum atomic E-state index is -3.36. The van der Waals surface area contributed by atoms with E-state index < -0.39 is 19.4 Å². The summed E-state index contributed by atoms with van der Waals surface area (Å²) in [5, 5.41) is 22.2. The van der Waals surface area contributed by atoms with Gasteiger partial charge in [0.15, 0.2) is 0 Å². The third-order valence-electron chi connectivity index (χ3n) is 4.73. The molecule has 1 aromatic carbocycles. The summed E-state index contributed by atoms with van der Waals surface area (Å²) in [6, 6.07) is 6.41. The molecule has 0 amide bonds. The molecule has 6 nitrogen and oxygen atoms in total. The molecule has 1 aliphatic rings. The van der Waals surface area contributed by atoms with E-state index in [4.69, 9.17) is 5.11 Å². The average molecular weight is 381 g/mol. The lowest BCUT2D eigenvalue weighted by atomic mass is 9.96. The number of hydrogen-bond donors (Lipinski definition) is 4. The van der Waals surface area contributed by atoms with Crippen molar-refractivity contribution in [3.63, 3.8) is 0 Å². The van der Waals surface area contributed by atoms with Gasteiger partial charge < -0.3 is 20.4 Å². The molecule has 0 bridgehead atoms. The Hall–Kier alpha value is -1.46. The highest BCUT2D eigenvalue weighted by Gasteiger charge is 2.27. The van der Waals surface area contributed by atoms with Gasteiger partial charge in [-0.2, -0.15) is 0 Å². The predicted octanol–water partition coefficient (Wildman–Crippen LogP) is 3.02. The number of rotatable bonds is 9. The van der Waals surface area contributed by atoms with E-state index in [1.54, 1.807) is 12.1 Å². The van der Waals surface area contributed by atoms with Crippen LogP contribution in [0.15, 0.2) is 36.4 Å². The van der Waals surface area contributed by atoms with Gasteiger partial charge in [-0.25, -0.2) is 4.79 Å². The monoisotopic (exact) mass is 381 g/mol. The van der Waals surface area contributed by atoms with E-state index >= 15 is 0 Å². The fraction of sp³-hybridized carbons (Fsp3) is 0.526. The van der Waals surface area contributed by atoms with E-state index in [0.717, 1.165) is 24.8 Å². The molecule has 0 spiro atoms. The number of carbonyl (C=O) groups is 1. The van der Waals surface area contributed by atoms with Gasteiger partial charge in [-0.3, -0.25) is 4.57 Å². The lowest BCUT2D eigenvalue weighted by molar-refractivity contribution is 0.0697. The molecule has 144 valence electrons. The van der Waals surface area contributed by atoms with Crippen LogP contribution in [-0.4, -0.2) is 46.0 Å². The van der Waals surface area contributed by atoms with E-state index in [9.17, 15) is 19.4 Å². The number of aliphatic hydroxyl groups excluding tert-OH is 1. The van der Waals surface area contributed by atoms with Crippen LogP contribution in [0.4, 0.5) is 0 Å². The van der Waals surface area contributed by atoms with Crippen molar-refractivity contribution >= 4 is 13.3 Å². The van der Waals surface area contributed by atoms with Gasteiger partial charge in [-0.15, -0.1) is 0 Å². The largest absolute Gasteiger partial charge is 0.478 e. The number of allylic oxidation sites excluding steroid dienone is 2. The van der Waals surface area contributed by atoms with Crippen LogP contribution >= 0.6 is 7.37 Å². The van der Waals surface area contributed by atoms with Gasteiger partial charge in [0.05, 0.1) is 17.8 Å². The minimum absolute atomic E-state index is 0.103.